The number of methoxy groups -OCH3 is 1. The molecule has 0 aliphatic carbocycles. The van der Waals surface area contributed by atoms with Gasteiger partial charge in [-0.2, -0.15) is 0 Å². The second-order valence-corrected chi connectivity index (χ2v) is 3.65. The van der Waals surface area contributed by atoms with E-state index in [4.69, 9.17) is 9.84 Å². The van der Waals surface area contributed by atoms with Crippen molar-refractivity contribution in [1.82, 2.24) is 5.32 Å². The summed E-state index contributed by atoms with van der Waals surface area (Å²) >= 11 is 0. The van der Waals surface area contributed by atoms with Crippen molar-refractivity contribution in [3.05, 3.63) is 11.8 Å². The summed E-state index contributed by atoms with van der Waals surface area (Å²) in [5.74, 6) is -1.23. The first-order valence-corrected chi connectivity index (χ1v) is 5.19. The van der Waals surface area contributed by atoms with Crippen LogP contribution < -0.4 is 5.32 Å². The van der Waals surface area contributed by atoms with Gasteiger partial charge in [0, 0.05) is 20.1 Å². The van der Waals surface area contributed by atoms with Crippen LogP contribution in [0.3, 0.4) is 0 Å². The highest BCUT2D eigenvalue weighted by Gasteiger charge is 2.13. The molecule has 0 heterocycles. The highest BCUT2D eigenvalue weighted by atomic mass is 16.5. The Kier molecular flexibility index (Phi) is 7.20. The molecule has 1 atom stereocenters. The molecule has 0 saturated heterocycles. The summed E-state index contributed by atoms with van der Waals surface area (Å²) in [6.45, 7) is 4.09. The van der Waals surface area contributed by atoms with Gasteiger partial charge in [-0.25, -0.2) is 4.79 Å². The number of ether oxygens (including phenoxy) is 1. The van der Waals surface area contributed by atoms with Crippen LogP contribution in [0.15, 0.2) is 11.8 Å². The van der Waals surface area contributed by atoms with Crippen LogP contribution in [0.5, 0.6) is 0 Å². The fourth-order valence-corrected chi connectivity index (χ4v) is 1.19. The van der Waals surface area contributed by atoms with E-state index in [0.717, 1.165) is 6.42 Å². The van der Waals surface area contributed by atoms with Gasteiger partial charge in [0.25, 0.3) is 0 Å². The average molecular weight is 229 g/mol. The molecule has 5 heteroatoms. The fourth-order valence-electron chi connectivity index (χ4n) is 1.19. The lowest BCUT2D eigenvalue weighted by Gasteiger charge is -2.11. The van der Waals surface area contributed by atoms with Gasteiger partial charge < -0.3 is 15.2 Å². The van der Waals surface area contributed by atoms with Crippen molar-refractivity contribution in [3.8, 4) is 0 Å². The molecule has 0 saturated carbocycles. The highest BCUT2D eigenvalue weighted by molar-refractivity contribution is 5.92. The van der Waals surface area contributed by atoms with E-state index in [1.807, 2.05) is 6.92 Å². The van der Waals surface area contributed by atoms with Crippen LogP contribution in [0, 0.1) is 5.92 Å². The molecule has 92 valence electrons. The summed E-state index contributed by atoms with van der Waals surface area (Å²) in [5, 5.41) is 11.0. The first kappa shape index (κ1) is 14.6. The van der Waals surface area contributed by atoms with Crippen LogP contribution in [0.4, 0.5) is 0 Å². The molecule has 2 N–H and O–H groups in total. The third-order valence-corrected chi connectivity index (χ3v) is 2.14. The minimum atomic E-state index is -1.12. The molecule has 0 aliphatic heterocycles. The van der Waals surface area contributed by atoms with E-state index in [1.54, 1.807) is 14.0 Å². The molecular weight excluding hydrogens is 210 g/mol. The van der Waals surface area contributed by atoms with Crippen molar-refractivity contribution in [3.63, 3.8) is 0 Å². The number of allylic oxidation sites excluding steroid dienone is 1. The number of amides is 1. The molecule has 5 nitrogen and oxygen atoms in total. The molecule has 0 bridgehead atoms. The van der Waals surface area contributed by atoms with E-state index in [9.17, 15) is 9.59 Å². The Balaban J connectivity index is 4.03. The Morgan fingerprint density at radius 2 is 2.12 bits per heavy atom. The number of carbonyl (C=O) groups is 2. The first-order valence-electron chi connectivity index (χ1n) is 5.19. The summed E-state index contributed by atoms with van der Waals surface area (Å²) in [7, 11) is 1.61. The van der Waals surface area contributed by atoms with E-state index in [1.165, 1.54) is 6.08 Å². The summed E-state index contributed by atoms with van der Waals surface area (Å²) in [4.78, 5) is 22.1. The Hall–Kier alpha value is -1.36. The van der Waals surface area contributed by atoms with Crippen LogP contribution in [0.1, 0.15) is 26.7 Å². The number of hydrogen-bond acceptors (Lipinski definition) is 3. The SMILES string of the molecule is C/C=C(\NC(=O)CC(C)CCOC)C(=O)O. The molecule has 0 fully saturated rings. The van der Waals surface area contributed by atoms with Crippen LogP contribution in [0.2, 0.25) is 0 Å². The van der Waals surface area contributed by atoms with Crippen LogP contribution >= 0.6 is 0 Å². The van der Waals surface area contributed by atoms with E-state index < -0.39 is 5.97 Å². The largest absolute Gasteiger partial charge is 0.477 e. The van der Waals surface area contributed by atoms with Gasteiger partial charge >= 0.3 is 5.97 Å². The third-order valence-electron chi connectivity index (χ3n) is 2.14. The van der Waals surface area contributed by atoms with Gasteiger partial charge in [0.05, 0.1) is 0 Å². The molecule has 0 aromatic heterocycles. The smallest absolute Gasteiger partial charge is 0.352 e. The summed E-state index contributed by atoms with van der Waals surface area (Å²) in [5.41, 5.74) is -0.0797. The van der Waals surface area contributed by atoms with Gasteiger partial charge in [-0.15, -0.1) is 0 Å². The highest BCUT2D eigenvalue weighted by Crippen LogP contribution is 2.07. The topological polar surface area (TPSA) is 75.6 Å². The van der Waals surface area contributed by atoms with Crippen LogP contribution in [-0.2, 0) is 14.3 Å². The second kappa shape index (κ2) is 7.87. The van der Waals surface area contributed by atoms with Crippen molar-refractivity contribution in [2.24, 2.45) is 5.92 Å². The molecule has 0 spiro atoms. The van der Waals surface area contributed by atoms with Gasteiger partial charge in [0.1, 0.15) is 5.70 Å². The molecule has 1 amide bonds. The second-order valence-electron chi connectivity index (χ2n) is 3.65. The monoisotopic (exact) mass is 229 g/mol. The lowest BCUT2D eigenvalue weighted by atomic mass is 10.0. The minimum Gasteiger partial charge on any atom is -0.477 e. The Morgan fingerprint density at radius 1 is 1.50 bits per heavy atom. The molecule has 0 aromatic carbocycles. The molecule has 0 aliphatic rings. The predicted octanol–water partition coefficient (Wildman–Crippen LogP) is 1.15. The predicted molar refractivity (Wildman–Crippen MR) is 59.8 cm³/mol. The lowest BCUT2D eigenvalue weighted by molar-refractivity contribution is -0.134. The van der Waals surface area contributed by atoms with Crippen molar-refractivity contribution in [1.29, 1.82) is 0 Å². The summed E-state index contributed by atoms with van der Waals surface area (Å²) in [6.07, 6.45) is 2.44. The molecule has 0 aromatic rings. The summed E-state index contributed by atoms with van der Waals surface area (Å²) in [6, 6.07) is 0. The van der Waals surface area contributed by atoms with Gasteiger partial charge in [-0.1, -0.05) is 13.0 Å². The molecule has 0 radical (unpaired) electrons. The van der Waals surface area contributed by atoms with E-state index in [0.29, 0.717) is 13.0 Å². The quantitative estimate of drug-likeness (QED) is 0.642. The standard InChI is InChI=1S/C11H19NO4/c1-4-9(11(14)15)12-10(13)7-8(2)5-6-16-3/h4,8H,5-7H2,1-3H3,(H,12,13)(H,14,15)/b9-4-. The number of carbonyl (C=O) groups excluding carboxylic acids is 1. The van der Waals surface area contributed by atoms with Gasteiger partial charge in [0.2, 0.25) is 5.91 Å². The third kappa shape index (κ3) is 6.19. The summed E-state index contributed by atoms with van der Waals surface area (Å²) < 4.78 is 4.90. The van der Waals surface area contributed by atoms with E-state index in [-0.39, 0.29) is 17.5 Å². The Bertz CT molecular complexity index is 273. The Morgan fingerprint density at radius 3 is 2.56 bits per heavy atom. The Labute approximate surface area is 95.5 Å². The average Bonchev–Trinajstić information content (AvgIpc) is 2.22. The zero-order chi connectivity index (χ0) is 12.6. The maximum atomic E-state index is 11.4. The maximum absolute atomic E-state index is 11.4. The van der Waals surface area contributed by atoms with Crippen molar-refractivity contribution >= 4 is 11.9 Å². The minimum absolute atomic E-state index is 0.0797. The van der Waals surface area contributed by atoms with Gasteiger partial charge in [-0.3, -0.25) is 4.79 Å². The van der Waals surface area contributed by atoms with Gasteiger partial charge in [0.15, 0.2) is 0 Å². The fraction of sp³-hybridized carbons (Fsp3) is 0.636. The molecule has 16 heavy (non-hydrogen) atoms. The van der Waals surface area contributed by atoms with Gasteiger partial charge in [-0.05, 0) is 19.3 Å². The zero-order valence-corrected chi connectivity index (χ0v) is 9.95. The molecular formula is C11H19NO4. The van der Waals surface area contributed by atoms with Crippen LogP contribution in [0.25, 0.3) is 0 Å². The van der Waals surface area contributed by atoms with E-state index >= 15 is 0 Å². The number of carboxylic acid groups (broad SMARTS) is 1. The number of aliphatic carboxylic acids is 1. The van der Waals surface area contributed by atoms with Crippen molar-refractivity contribution < 1.29 is 19.4 Å². The number of carboxylic acids is 1. The van der Waals surface area contributed by atoms with E-state index in [2.05, 4.69) is 5.32 Å². The first-order chi connectivity index (χ1) is 7.51. The molecule has 0 rings (SSSR count). The van der Waals surface area contributed by atoms with Crippen molar-refractivity contribution in [2.75, 3.05) is 13.7 Å². The number of rotatable bonds is 7. The number of hydrogen-bond donors (Lipinski definition) is 2. The number of nitrogens with one attached hydrogen (secondary N) is 1. The normalized spacial score (nSPS) is 13.3. The maximum Gasteiger partial charge on any atom is 0.352 e. The zero-order valence-electron chi connectivity index (χ0n) is 9.95. The van der Waals surface area contributed by atoms with Crippen molar-refractivity contribution in [2.45, 2.75) is 26.7 Å². The molecule has 1 unspecified atom stereocenters. The van der Waals surface area contributed by atoms with Crippen LogP contribution in [-0.4, -0.2) is 30.7 Å². The lowest BCUT2D eigenvalue weighted by Crippen LogP contribution is -2.28.